The summed E-state index contributed by atoms with van der Waals surface area (Å²) >= 11 is 0. The topological polar surface area (TPSA) is 35.5 Å². The van der Waals surface area contributed by atoms with E-state index in [0.717, 1.165) is 31.3 Å². The SMILES string of the molecule is CC/C=C/[C@H](CC)C[C@]1(C)C=C(CC)/C(=C/C(=O)OC)O1. The number of methoxy groups -OCH3 is 1. The van der Waals surface area contributed by atoms with Gasteiger partial charge in [0, 0.05) is 0 Å². The van der Waals surface area contributed by atoms with Crippen molar-refractivity contribution in [3.8, 4) is 0 Å². The molecule has 0 aromatic rings. The number of hydrogen-bond donors (Lipinski definition) is 0. The smallest absolute Gasteiger partial charge is 0.334 e. The summed E-state index contributed by atoms with van der Waals surface area (Å²) in [4.78, 5) is 11.4. The predicted octanol–water partition coefficient (Wildman–Crippen LogP) is 4.55. The number of allylic oxidation sites excluding steroid dienone is 3. The highest BCUT2D eigenvalue weighted by Crippen LogP contribution is 2.38. The van der Waals surface area contributed by atoms with Gasteiger partial charge in [0.2, 0.25) is 0 Å². The van der Waals surface area contributed by atoms with Gasteiger partial charge in [-0.15, -0.1) is 0 Å². The van der Waals surface area contributed by atoms with E-state index in [0.29, 0.717) is 11.7 Å². The predicted molar refractivity (Wildman–Crippen MR) is 85.8 cm³/mol. The molecule has 0 radical (unpaired) electrons. The van der Waals surface area contributed by atoms with Crippen LogP contribution >= 0.6 is 0 Å². The molecule has 118 valence electrons. The largest absolute Gasteiger partial charge is 0.483 e. The van der Waals surface area contributed by atoms with Gasteiger partial charge in [-0.05, 0) is 50.2 Å². The highest BCUT2D eigenvalue weighted by molar-refractivity contribution is 5.83. The Bertz CT molecular complexity index is 445. The average molecular weight is 292 g/mol. The van der Waals surface area contributed by atoms with Gasteiger partial charge in [-0.3, -0.25) is 0 Å². The van der Waals surface area contributed by atoms with Gasteiger partial charge in [0.1, 0.15) is 11.4 Å². The molecule has 1 aliphatic heterocycles. The molecule has 1 aliphatic rings. The van der Waals surface area contributed by atoms with Crippen LogP contribution in [0.1, 0.15) is 53.4 Å². The summed E-state index contributed by atoms with van der Waals surface area (Å²) < 4.78 is 10.8. The van der Waals surface area contributed by atoms with E-state index in [1.165, 1.54) is 13.2 Å². The van der Waals surface area contributed by atoms with E-state index in [2.05, 4.69) is 45.9 Å². The van der Waals surface area contributed by atoms with Gasteiger partial charge in [-0.2, -0.15) is 0 Å². The van der Waals surface area contributed by atoms with E-state index >= 15 is 0 Å². The van der Waals surface area contributed by atoms with Gasteiger partial charge in [-0.25, -0.2) is 4.79 Å². The summed E-state index contributed by atoms with van der Waals surface area (Å²) in [6.45, 7) is 8.49. The summed E-state index contributed by atoms with van der Waals surface area (Å²) in [6, 6.07) is 0. The second kappa shape index (κ2) is 8.06. The fourth-order valence-electron chi connectivity index (χ4n) is 2.65. The minimum absolute atomic E-state index is 0.343. The Balaban J connectivity index is 2.88. The van der Waals surface area contributed by atoms with Crippen molar-refractivity contribution in [3.63, 3.8) is 0 Å². The molecule has 0 saturated carbocycles. The standard InChI is InChI=1S/C18H28O3/c1-6-9-10-14(7-2)12-18(4)13-15(8-3)16(21-18)11-17(19)20-5/h9-11,13-14H,6-8,12H2,1-5H3/b10-9+,16-11-/t14-,18+/m0/s1. The number of rotatable bonds is 7. The van der Waals surface area contributed by atoms with E-state index in [1.807, 2.05) is 0 Å². The van der Waals surface area contributed by atoms with E-state index < -0.39 is 0 Å². The number of hydrogen-bond acceptors (Lipinski definition) is 3. The molecule has 0 aliphatic carbocycles. The second-order valence-electron chi connectivity index (χ2n) is 5.68. The lowest BCUT2D eigenvalue weighted by atomic mass is 9.89. The van der Waals surface area contributed by atoms with Crippen molar-refractivity contribution in [3.05, 3.63) is 35.6 Å². The van der Waals surface area contributed by atoms with Gasteiger partial charge >= 0.3 is 5.97 Å². The molecule has 3 nitrogen and oxygen atoms in total. The van der Waals surface area contributed by atoms with Gasteiger partial charge < -0.3 is 9.47 Å². The van der Waals surface area contributed by atoms with Gasteiger partial charge in [0.25, 0.3) is 0 Å². The van der Waals surface area contributed by atoms with Crippen molar-refractivity contribution < 1.29 is 14.3 Å². The van der Waals surface area contributed by atoms with Crippen LogP contribution in [0.3, 0.4) is 0 Å². The van der Waals surface area contributed by atoms with Gasteiger partial charge in [0.15, 0.2) is 0 Å². The van der Waals surface area contributed by atoms with Crippen molar-refractivity contribution >= 4 is 5.97 Å². The summed E-state index contributed by atoms with van der Waals surface area (Å²) in [7, 11) is 1.38. The van der Waals surface area contributed by atoms with E-state index in [1.54, 1.807) is 0 Å². The molecule has 1 rings (SSSR count). The number of carbonyl (C=O) groups excluding carboxylic acids is 1. The number of carbonyl (C=O) groups is 1. The molecule has 0 unspecified atom stereocenters. The normalized spacial score (nSPS) is 25.0. The van der Waals surface area contributed by atoms with E-state index in [4.69, 9.17) is 9.47 Å². The first-order chi connectivity index (χ1) is 9.97. The first kappa shape index (κ1) is 17.5. The summed E-state index contributed by atoms with van der Waals surface area (Å²) in [5.41, 5.74) is 0.737. The number of esters is 1. The van der Waals surface area contributed by atoms with Crippen molar-refractivity contribution in [2.24, 2.45) is 5.92 Å². The third kappa shape index (κ3) is 5.07. The van der Waals surface area contributed by atoms with Crippen LogP contribution in [0.25, 0.3) is 0 Å². The Morgan fingerprint density at radius 3 is 2.67 bits per heavy atom. The molecule has 2 atom stereocenters. The maximum absolute atomic E-state index is 11.4. The summed E-state index contributed by atoms with van der Waals surface area (Å²) in [6.07, 6.45) is 12.0. The Kier molecular flexibility index (Phi) is 6.73. The monoisotopic (exact) mass is 292 g/mol. The maximum Gasteiger partial charge on any atom is 0.334 e. The highest BCUT2D eigenvalue weighted by Gasteiger charge is 2.34. The van der Waals surface area contributed by atoms with Gasteiger partial charge in [-0.1, -0.05) is 32.9 Å². The highest BCUT2D eigenvalue weighted by atomic mass is 16.5. The van der Waals surface area contributed by atoms with Crippen LogP contribution in [-0.2, 0) is 14.3 Å². The molecule has 1 heterocycles. The van der Waals surface area contributed by atoms with Crippen LogP contribution in [0.2, 0.25) is 0 Å². The molecular formula is C18H28O3. The fourth-order valence-corrected chi connectivity index (χ4v) is 2.65. The summed E-state index contributed by atoms with van der Waals surface area (Å²) in [5.74, 6) is 0.773. The Morgan fingerprint density at radius 1 is 1.43 bits per heavy atom. The lowest BCUT2D eigenvalue weighted by Crippen LogP contribution is -2.25. The van der Waals surface area contributed by atoms with E-state index in [9.17, 15) is 4.79 Å². The molecule has 0 N–H and O–H groups in total. The number of ether oxygens (including phenoxy) is 2. The first-order valence-electron chi connectivity index (χ1n) is 7.85. The third-order valence-corrected chi connectivity index (χ3v) is 3.81. The molecule has 0 saturated heterocycles. The van der Waals surface area contributed by atoms with Crippen LogP contribution in [0.4, 0.5) is 0 Å². The lowest BCUT2D eigenvalue weighted by molar-refractivity contribution is -0.135. The lowest BCUT2D eigenvalue weighted by Gasteiger charge is -2.26. The van der Waals surface area contributed by atoms with Crippen molar-refractivity contribution in [1.82, 2.24) is 0 Å². The molecule has 21 heavy (non-hydrogen) atoms. The van der Waals surface area contributed by atoms with Crippen LogP contribution in [0.15, 0.2) is 35.6 Å². The maximum atomic E-state index is 11.4. The van der Waals surface area contributed by atoms with Crippen molar-refractivity contribution in [1.29, 1.82) is 0 Å². The molecule has 0 aromatic heterocycles. The minimum atomic E-state index is -0.369. The summed E-state index contributed by atoms with van der Waals surface area (Å²) in [5, 5.41) is 0. The molecule has 3 heteroatoms. The molecule has 0 aromatic carbocycles. The molecular weight excluding hydrogens is 264 g/mol. The first-order valence-corrected chi connectivity index (χ1v) is 7.85. The van der Waals surface area contributed by atoms with E-state index in [-0.39, 0.29) is 11.6 Å². The Labute approximate surface area is 128 Å². The second-order valence-corrected chi connectivity index (χ2v) is 5.68. The zero-order chi connectivity index (χ0) is 15.9. The quantitative estimate of drug-likeness (QED) is 0.392. The molecule has 0 spiro atoms. The van der Waals surface area contributed by atoms with Crippen LogP contribution in [-0.4, -0.2) is 18.7 Å². The fraction of sp³-hybridized carbons (Fsp3) is 0.611. The Morgan fingerprint density at radius 2 is 2.14 bits per heavy atom. The molecule has 0 fully saturated rings. The average Bonchev–Trinajstić information content (AvgIpc) is 2.79. The Hall–Kier alpha value is -1.51. The molecule has 0 amide bonds. The molecule has 0 bridgehead atoms. The zero-order valence-corrected chi connectivity index (χ0v) is 13.9. The van der Waals surface area contributed by atoms with Gasteiger partial charge in [0.05, 0.1) is 13.2 Å². The zero-order valence-electron chi connectivity index (χ0n) is 13.9. The van der Waals surface area contributed by atoms with Crippen LogP contribution < -0.4 is 0 Å². The van der Waals surface area contributed by atoms with Crippen LogP contribution in [0, 0.1) is 5.92 Å². The van der Waals surface area contributed by atoms with Crippen LogP contribution in [0.5, 0.6) is 0 Å². The minimum Gasteiger partial charge on any atom is -0.483 e. The van der Waals surface area contributed by atoms with Crippen molar-refractivity contribution in [2.45, 2.75) is 59.0 Å². The third-order valence-electron chi connectivity index (χ3n) is 3.81. The van der Waals surface area contributed by atoms with Crippen molar-refractivity contribution in [2.75, 3.05) is 7.11 Å².